The third-order valence-electron chi connectivity index (χ3n) is 2.19. The van der Waals surface area contributed by atoms with E-state index in [9.17, 15) is 4.79 Å². The highest BCUT2D eigenvalue weighted by atomic mass is 16.3. The van der Waals surface area contributed by atoms with Gasteiger partial charge < -0.3 is 10.4 Å². The molecule has 0 aliphatic heterocycles. The topological polar surface area (TPSA) is 49.3 Å². The SMILES string of the molecule is CC[C@@H]1C[C@H]1C(=O)NCCO. The molecule has 0 spiro atoms. The summed E-state index contributed by atoms with van der Waals surface area (Å²) in [5.41, 5.74) is 0. The minimum Gasteiger partial charge on any atom is -0.395 e. The van der Waals surface area contributed by atoms with Crippen molar-refractivity contribution in [2.75, 3.05) is 13.2 Å². The molecule has 0 heterocycles. The number of amides is 1. The second kappa shape index (κ2) is 3.72. The lowest BCUT2D eigenvalue weighted by Crippen LogP contribution is -2.28. The number of rotatable bonds is 4. The molecular weight excluding hydrogens is 142 g/mol. The second-order valence-corrected chi connectivity index (χ2v) is 3.03. The number of aliphatic hydroxyl groups excluding tert-OH is 1. The molecule has 3 nitrogen and oxygen atoms in total. The van der Waals surface area contributed by atoms with Gasteiger partial charge >= 0.3 is 0 Å². The van der Waals surface area contributed by atoms with Gasteiger partial charge in [0.2, 0.25) is 5.91 Å². The van der Waals surface area contributed by atoms with Crippen LogP contribution in [0, 0.1) is 11.8 Å². The van der Waals surface area contributed by atoms with Crippen LogP contribution in [0.1, 0.15) is 19.8 Å². The lowest BCUT2D eigenvalue weighted by molar-refractivity contribution is -0.122. The largest absolute Gasteiger partial charge is 0.395 e. The van der Waals surface area contributed by atoms with Crippen LogP contribution in [0.3, 0.4) is 0 Å². The summed E-state index contributed by atoms with van der Waals surface area (Å²) < 4.78 is 0. The van der Waals surface area contributed by atoms with Gasteiger partial charge in [0.25, 0.3) is 0 Å². The maximum Gasteiger partial charge on any atom is 0.223 e. The first kappa shape index (κ1) is 8.53. The third kappa shape index (κ3) is 2.19. The summed E-state index contributed by atoms with van der Waals surface area (Å²) in [7, 11) is 0. The van der Waals surface area contributed by atoms with Gasteiger partial charge in [0.1, 0.15) is 0 Å². The van der Waals surface area contributed by atoms with Crippen LogP contribution >= 0.6 is 0 Å². The molecule has 0 bridgehead atoms. The molecule has 1 fully saturated rings. The molecule has 2 atom stereocenters. The van der Waals surface area contributed by atoms with Crippen molar-refractivity contribution in [1.82, 2.24) is 5.32 Å². The number of aliphatic hydroxyl groups is 1. The number of carbonyl (C=O) groups is 1. The van der Waals surface area contributed by atoms with Gasteiger partial charge in [-0.1, -0.05) is 13.3 Å². The third-order valence-corrected chi connectivity index (χ3v) is 2.19. The Morgan fingerprint density at radius 3 is 2.91 bits per heavy atom. The van der Waals surface area contributed by atoms with Crippen LogP contribution in [0.5, 0.6) is 0 Å². The molecule has 2 N–H and O–H groups in total. The zero-order valence-electron chi connectivity index (χ0n) is 6.84. The molecule has 3 heteroatoms. The minimum atomic E-state index is 0.0370. The van der Waals surface area contributed by atoms with Crippen molar-refractivity contribution in [3.05, 3.63) is 0 Å². The average molecular weight is 157 g/mol. The summed E-state index contributed by atoms with van der Waals surface area (Å²) in [5, 5.41) is 11.1. The zero-order chi connectivity index (χ0) is 8.27. The highest BCUT2D eigenvalue weighted by Gasteiger charge is 2.40. The van der Waals surface area contributed by atoms with E-state index in [0.29, 0.717) is 12.5 Å². The molecule has 0 aromatic rings. The van der Waals surface area contributed by atoms with E-state index in [-0.39, 0.29) is 18.4 Å². The van der Waals surface area contributed by atoms with Crippen LogP contribution in [0.4, 0.5) is 0 Å². The van der Waals surface area contributed by atoms with Crippen molar-refractivity contribution >= 4 is 5.91 Å². The van der Waals surface area contributed by atoms with Gasteiger partial charge in [-0.05, 0) is 12.3 Å². The molecule has 1 aliphatic rings. The van der Waals surface area contributed by atoms with Crippen molar-refractivity contribution < 1.29 is 9.90 Å². The lowest BCUT2D eigenvalue weighted by atomic mass is 10.2. The molecule has 64 valence electrons. The van der Waals surface area contributed by atoms with E-state index < -0.39 is 0 Å². The maximum absolute atomic E-state index is 11.1. The Bertz CT molecular complexity index is 147. The molecule has 0 radical (unpaired) electrons. The lowest BCUT2D eigenvalue weighted by Gasteiger charge is -2.00. The fourth-order valence-corrected chi connectivity index (χ4v) is 1.33. The molecule has 0 aromatic heterocycles. The molecule has 0 aromatic carbocycles. The van der Waals surface area contributed by atoms with Crippen molar-refractivity contribution in [2.45, 2.75) is 19.8 Å². The Morgan fingerprint density at radius 1 is 1.73 bits per heavy atom. The smallest absolute Gasteiger partial charge is 0.223 e. The summed E-state index contributed by atoms with van der Waals surface area (Å²) >= 11 is 0. The summed E-state index contributed by atoms with van der Waals surface area (Å²) in [4.78, 5) is 11.1. The van der Waals surface area contributed by atoms with Crippen LogP contribution < -0.4 is 5.32 Å². The Kier molecular flexibility index (Phi) is 2.88. The zero-order valence-corrected chi connectivity index (χ0v) is 6.84. The molecule has 1 aliphatic carbocycles. The van der Waals surface area contributed by atoms with E-state index in [2.05, 4.69) is 12.2 Å². The summed E-state index contributed by atoms with van der Waals surface area (Å²) in [6.45, 7) is 2.53. The average Bonchev–Trinajstić information content (AvgIpc) is 2.78. The molecular formula is C8H15NO2. The van der Waals surface area contributed by atoms with E-state index >= 15 is 0 Å². The quantitative estimate of drug-likeness (QED) is 0.610. The first-order valence-electron chi connectivity index (χ1n) is 4.18. The van der Waals surface area contributed by atoms with E-state index in [1.165, 1.54) is 0 Å². The standard InChI is InChI=1S/C8H15NO2/c1-2-6-5-7(6)8(11)9-3-4-10/h6-7,10H,2-5H2,1H3,(H,9,11)/t6-,7-/m1/s1. The first-order chi connectivity index (χ1) is 5.29. The normalized spacial score (nSPS) is 28.2. The Hall–Kier alpha value is -0.570. The number of hydrogen-bond acceptors (Lipinski definition) is 2. The summed E-state index contributed by atoms with van der Waals surface area (Å²) in [6.07, 6.45) is 2.13. The van der Waals surface area contributed by atoms with Crippen LogP contribution in [0.15, 0.2) is 0 Å². The molecule has 1 saturated carbocycles. The molecule has 11 heavy (non-hydrogen) atoms. The van der Waals surface area contributed by atoms with Gasteiger partial charge in [0.05, 0.1) is 6.61 Å². The predicted octanol–water partition coefficient (Wildman–Crippen LogP) is 0.141. The molecule has 1 amide bonds. The monoisotopic (exact) mass is 157 g/mol. The number of hydrogen-bond donors (Lipinski definition) is 2. The van der Waals surface area contributed by atoms with E-state index in [1.54, 1.807) is 0 Å². The van der Waals surface area contributed by atoms with Crippen LogP contribution in [-0.2, 0) is 4.79 Å². The highest BCUT2D eigenvalue weighted by molar-refractivity contribution is 5.81. The fraction of sp³-hybridized carbons (Fsp3) is 0.875. The molecule has 0 saturated heterocycles. The maximum atomic E-state index is 11.1. The minimum absolute atomic E-state index is 0.0370. The van der Waals surface area contributed by atoms with Gasteiger partial charge in [0.15, 0.2) is 0 Å². The fourth-order valence-electron chi connectivity index (χ4n) is 1.33. The number of nitrogens with one attached hydrogen (secondary N) is 1. The van der Waals surface area contributed by atoms with Gasteiger partial charge in [0, 0.05) is 12.5 Å². The summed E-state index contributed by atoms with van der Waals surface area (Å²) in [6, 6.07) is 0. The van der Waals surface area contributed by atoms with Crippen molar-refractivity contribution in [1.29, 1.82) is 0 Å². The van der Waals surface area contributed by atoms with Gasteiger partial charge in [-0.2, -0.15) is 0 Å². The van der Waals surface area contributed by atoms with Gasteiger partial charge in [-0.25, -0.2) is 0 Å². The Balaban J connectivity index is 2.12. The predicted molar refractivity (Wildman–Crippen MR) is 42.0 cm³/mol. The van der Waals surface area contributed by atoms with Gasteiger partial charge in [-0.15, -0.1) is 0 Å². The molecule has 1 rings (SSSR count). The Labute approximate surface area is 66.8 Å². The van der Waals surface area contributed by atoms with E-state index in [0.717, 1.165) is 12.8 Å². The highest BCUT2D eigenvalue weighted by Crippen LogP contribution is 2.40. The van der Waals surface area contributed by atoms with Crippen LogP contribution in [0.25, 0.3) is 0 Å². The van der Waals surface area contributed by atoms with E-state index in [1.807, 2.05) is 0 Å². The summed E-state index contributed by atoms with van der Waals surface area (Å²) in [5.74, 6) is 0.964. The first-order valence-corrected chi connectivity index (χ1v) is 4.18. The Morgan fingerprint density at radius 2 is 2.45 bits per heavy atom. The second-order valence-electron chi connectivity index (χ2n) is 3.03. The molecule has 0 unspecified atom stereocenters. The number of carbonyl (C=O) groups excluding carboxylic acids is 1. The van der Waals surface area contributed by atoms with Crippen molar-refractivity contribution in [2.24, 2.45) is 11.8 Å². The van der Waals surface area contributed by atoms with Gasteiger partial charge in [-0.3, -0.25) is 4.79 Å². The van der Waals surface area contributed by atoms with E-state index in [4.69, 9.17) is 5.11 Å². The van der Waals surface area contributed by atoms with Crippen molar-refractivity contribution in [3.63, 3.8) is 0 Å². The van der Waals surface area contributed by atoms with Crippen LogP contribution in [0.2, 0.25) is 0 Å². The van der Waals surface area contributed by atoms with Crippen molar-refractivity contribution in [3.8, 4) is 0 Å². The van der Waals surface area contributed by atoms with Crippen LogP contribution in [-0.4, -0.2) is 24.2 Å².